The Morgan fingerprint density at radius 2 is 2.04 bits per heavy atom. The van der Waals surface area contributed by atoms with Crippen LogP contribution in [0, 0.1) is 0 Å². The minimum Gasteiger partial charge on any atom is -0.497 e. The van der Waals surface area contributed by atoms with Crippen molar-refractivity contribution in [1.82, 2.24) is 9.38 Å². The van der Waals surface area contributed by atoms with Crippen LogP contribution >= 0.6 is 11.3 Å². The van der Waals surface area contributed by atoms with Crippen LogP contribution in [0.25, 0.3) is 26.4 Å². The van der Waals surface area contributed by atoms with Crippen molar-refractivity contribution in [3.05, 3.63) is 42.6 Å². The van der Waals surface area contributed by atoms with Gasteiger partial charge < -0.3 is 14.2 Å². The molecule has 2 aromatic carbocycles. The summed E-state index contributed by atoms with van der Waals surface area (Å²) in [6, 6.07) is 12.0. The van der Waals surface area contributed by atoms with E-state index >= 15 is 0 Å². The SMILES string of the molecule is COc1ccc2c(c1)sc1nc(-c3ccc4c(c3)OCO4)cn12. The maximum Gasteiger partial charge on any atom is 0.231 e. The maximum absolute atomic E-state index is 5.44. The summed E-state index contributed by atoms with van der Waals surface area (Å²) >= 11 is 1.65. The van der Waals surface area contributed by atoms with E-state index in [0.717, 1.165) is 43.7 Å². The van der Waals surface area contributed by atoms with E-state index in [1.54, 1.807) is 18.4 Å². The zero-order valence-electron chi connectivity index (χ0n) is 12.3. The van der Waals surface area contributed by atoms with E-state index in [2.05, 4.69) is 16.7 Å². The molecule has 23 heavy (non-hydrogen) atoms. The number of hydrogen-bond donors (Lipinski definition) is 0. The fourth-order valence-electron chi connectivity index (χ4n) is 2.80. The first-order valence-electron chi connectivity index (χ1n) is 7.17. The van der Waals surface area contributed by atoms with E-state index in [9.17, 15) is 0 Å². The zero-order valence-corrected chi connectivity index (χ0v) is 13.1. The molecule has 0 bridgehead atoms. The first-order chi connectivity index (χ1) is 11.3. The van der Waals surface area contributed by atoms with E-state index in [0.29, 0.717) is 0 Å². The number of nitrogens with zero attached hydrogens (tertiary/aromatic N) is 2. The topological polar surface area (TPSA) is 45.0 Å². The van der Waals surface area contributed by atoms with Crippen molar-refractivity contribution in [2.45, 2.75) is 0 Å². The molecule has 2 aromatic heterocycles. The highest BCUT2D eigenvalue weighted by Gasteiger charge is 2.16. The Kier molecular flexibility index (Phi) is 2.57. The van der Waals surface area contributed by atoms with Crippen molar-refractivity contribution in [1.29, 1.82) is 0 Å². The largest absolute Gasteiger partial charge is 0.497 e. The molecular formula is C17H12N2O3S. The summed E-state index contributed by atoms with van der Waals surface area (Å²) in [5.74, 6) is 2.42. The molecule has 5 rings (SSSR count). The molecule has 0 aliphatic carbocycles. The third-order valence-electron chi connectivity index (χ3n) is 3.97. The molecule has 6 heteroatoms. The van der Waals surface area contributed by atoms with Gasteiger partial charge in [0.1, 0.15) is 5.75 Å². The standard InChI is InChI=1S/C17H12N2O3S/c1-20-11-3-4-13-16(7-11)23-17-18-12(8-19(13)17)10-2-5-14-15(6-10)22-9-21-14/h2-8H,9H2,1H3. The Hall–Kier alpha value is -2.73. The highest BCUT2D eigenvalue weighted by molar-refractivity contribution is 7.23. The van der Waals surface area contributed by atoms with Crippen LogP contribution in [0.1, 0.15) is 0 Å². The molecule has 1 aliphatic rings. The fraction of sp³-hybridized carbons (Fsp3) is 0.118. The molecule has 0 atom stereocenters. The van der Waals surface area contributed by atoms with Gasteiger partial charge in [-0.1, -0.05) is 11.3 Å². The lowest BCUT2D eigenvalue weighted by Crippen LogP contribution is -1.92. The third-order valence-corrected chi connectivity index (χ3v) is 4.99. The monoisotopic (exact) mass is 324 g/mol. The number of benzene rings is 2. The van der Waals surface area contributed by atoms with Crippen LogP contribution in [0.4, 0.5) is 0 Å². The van der Waals surface area contributed by atoms with E-state index in [4.69, 9.17) is 19.2 Å². The van der Waals surface area contributed by atoms with Crippen LogP contribution in [0.2, 0.25) is 0 Å². The first kappa shape index (κ1) is 12.8. The van der Waals surface area contributed by atoms with Crippen LogP contribution in [0.15, 0.2) is 42.6 Å². The van der Waals surface area contributed by atoms with Crippen LogP contribution in [-0.2, 0) is 0 Å². The van der Waals surface area contributed by atoms with Gasteiger partial charge >= 0.3 is 0 Å². The van der Waals surface area contributed by atoms with Gasteiger partial charge in [0, 0.05) is 11.8 Å². The molecule has 114 valence electrons. The molecule has 4 aromatic rings. The Morgan fingerprint density at radius 1 is 1.13 bits per heavy atom. The number of methoxy groups -OCH3 is 1. The van der Waals surface area contributed by atoms with E-state index in [1.807, 2.05) is 30.3 Å². The van der Waals surface area contributed by atoms with Crippen molar-refractivity contribution >= 4 is 26.5 Å². The van der Waals surface area contributed by atoms with Gasteiger partial charge in [-0.25, -0.2) is 4.98 Å². The normalized spacial score (nSPS) is 13.1. The smallest absolute Gasteiger partial charge is 0.231 e. The van der Waals surface area contributed by atoms with Gasteiger partial charge in [0.15, 0.2) is 16.5 Å². The zero-order chi connectivity index (χ0) is 15.4. The molecule has 3 heterocycles. The van der Waals surface area contributed by atoms with Gasteiger partial charge in [-0.05, 0) is 36.4 Å². The number of rotatable bonds is 2. The highest BCUT2D eigenvalue weighted by atomic mass is 32.1. The van der Waals surface area contributed by atoms with Crippen molar-refractivity contribution in [2.24, 2.45) is 0 Å². The van der Waals surface area contributed by atoms with Crippen LogP contribution < -0.4 is 14.2 Å². The van der Waals surface area contributed by atoms with E-state index in [1.165, 1.54) is 0 Å². The summed E-state index contributed by atoms with van der Waals surface area (Å²) in [6.07, 6.45) is 2.05. The molecule has 0 spiro atoms. The van der Waals surface area contributed by atoms with Gasteiger partial charge in [0.05, 0.1) is 23.0 Å². The van der Waals surface area contributed by atoms with Crippen molar-refractivity contribution in [3.8, 4) is 28.5 Å². The van der Waals surface area contributed by atoms with Gasteiger partial charge in [-0.2, -0.15) is 0 Å². The van der Waals surface area contributed by atoms with Gasteiger partial charge in [0.25, 0.3) is 0 Å². The second kappa shape index (κ2) is 4.63. The third kappa shape index (κ3) is 1.88. The first-order valence-corrected chi connectivity index (χ1v) is 7.99. The summed E-state index contributed by atoms with van der Waals surface area (Å²) in [6.45, 7) is 0.281. The van der Waals surface area contributed by atoms with Gasteiger partial charge in [-0.3, -0.25) is 4.40 Å². The summed E-state index contributed by atoms with van der Waals surface area (Å²) < 4.78 is 19.3. The molecule has 0 unspecified atom stereocenters. The predicted octanol–water partition coefficient (Wildman–Crippen LogP) is 3.95. The average Bonchev–Trinajstić information content (AvgIpc) is 3.26. The molecule has 0 amide bonds. The summed E-state index contributed by atoms with van der Waals surface area (Å²) in [4.78, 5) is 5.70. The van der Waals surface area contributed by atoms with Crippen molar-refractivity contribution in [2.75, 3.05) is 13.9 Å². The average molecular weight is 324 g/mol. The lowest BCUT2D eigenvalue weighted by Gasteiger charge is -2.00. The number of imidazole rings is 1. The number of ether oxygens (including phenoxy) is 3. The number of hydrogen-bond acceptors (Lipinski definition) is 5. The molecule has 5 nitrogen and oxygen atoms in total. The molecule has 0 radical (unpaired) electrons. The summed E-state index contributed by atoms with van der Waals surface area (Å²) in [5, 5.41) is 0. The molecule has 1 aliphatic heterocycles. The number of aromatic nitrogens is 2. The quantitative estimate of drug-likeness (QED) is 0.560. The number of fused-ring (bicyclic) bond motifs is 4. The molecular weight excluding hydrogens is 312 g/mol. The van der Waals surface area contributed by atoms with E-state index < -0.39 is 0 Å². The van der Waals surface area contributed by atoms with E-state index in [-0.39, 0.29) is 6.79 Å². The van der Waals surface area contributed by atoms with Crippen molar-refractivity contribution in [3.63, 3.8) is 0 Å². The highest BCUT2D eigenvalue weighted by Crippen LogP contribution is 2.37. The summed E-state index contributed by atoms with van der Waals surface area (Å²) in [5.41, 5.74) is 3.07. The molecule has 0 fully saturated rings. The van der Waals surface area contributed by atoms with Gasteiger partial charge in [-0.15, -0.1) is 0 Å². The summed E-state index contributed by atoms with van der Waals surface area (Å²) in [7, 11) is 1.68. The maximum atomic E-state index is 5.44. The van der Waals surface area contributed by atoms with Gasteiger partial charge in [0.2, 0.25) is 6.79 Å². The second-order valence-electron chi connectivity index (χ2n) is 5.28. The Bertz CT molecular complexity index is 1050. The molecule has 0 saturated carbocycles. The lowest BCUT2D eigenvalue weighted by atomic mass is 10.1. The molecule has 0 N–H and O–H groups in total. The van der Waals surface area contributed by atoms with Crippen LogP contribution in [-0.4, -0.2) is 23.3 Å². The minimum absolute atomic E-state index is 0.281. The lowest BCUT2D eigenvalue weighted by molar-refractivity contribution is 0.174. The van der Waals surface area contributed by atoms with Crippen molar-refractivity contribution < 1.29 is 14.2 Å². The minimum atomic E-state index is 0.281. The Morgan fingerprint density at radius 3 is 2.96 bits per heavy atom. The fourth-order valence-corrected chi connectivity index (χ4v) is 3.84. The van der Waals surface area contributed by atoms with Crippen LogP contribution in [0.5, 0.6) is 17.2 Å². The Labute approximate surface area is 135 Å². The van der Waals surface area contributed by atoms with Crippen LogP contribution in [0.3, 0.4) is 0 Å². The second-order valence-corrected chi connectivity index (χ2v) is 6.29. The molecule has 0 saturated heterocycles. The Balaban J connectivity index is 1.65. The predicted molar refractivity (Wildman–Crippen MR) is 88.7 cm³/mol. The number of thiazole rings is 1.